The van der Waals surface area contributed by atoms with Crippen molar-refractivity contribution in [2.24, 2.45) is 0 Å². The summed E-state index contributed by atoms with van der Waals surface area (Å²) in [7, 11) is 0. The molecule has 0 N–H and O–H groups in total. The molecule has 1 heterocycles. The molecule has 3 aromatic rings. The lowest BCUT2D eigenvalue weighted by molar-refractivity contribution is 1.14. The van der Waals surface area contributed by atoms with Crippen LogP contribution in [0.1, 0.15) is 52.7 Å². The highest BCUT2D eigenvalue weighted by molar-refractivity contribution is 6.31. The van der Waals surface area contributed by atoms with Gasteiger partial charge in [0.1, 0.15) is 0 Å². The third-order valence-corrected chi connectivity index (χ3v) is 3.83. The Hall–Kier alpha value is -1.86. The Labute approximate surface area is 159 Å². The summed E-state index contributed by atoms with van der Waals surface area (Å²) in [4.78, 5) is 4.29. The molecule has 0 bridgehead atoms. The zero-order valence-corrected chi connectivity index (χ0v) is 17.3. The number of pyridine rings is 1. The first-order valence-corrected chi connectivity index (χ1v) is 9.70. The molecular weight excluding hydrogens is 326 g/mol. The number of rotatable bonds is 2. The van der Waals surface area contributed by atoms with Crippen molar-refractivity contribution in [1.82, 2.24) is 4.98 Å². The Balaban J connectivity index is 0.000000396. The van der Waals surface area contributed by atoms with Gasteiger partial charge in [0.25, 0.3) is 0 Å². The van der Waals surface area contributed by atoms with Crippen LogP contribution in [0.2, 0.25) is 5.02 Å². The molecule has 0 amide bonds. The van der Waals surface area contributed by atoms with Gasteiger partial charge in [0.15, 0.2) is 0 Å². The van der Waals surface area contributed by atoms with E-state index in [0.717, 1.165) is 23.4 Å². The van der Waals surface area contributed by atoms with Crippen LogP contribution in [0.25, 0.3) is 10.9 Å². The highest BCUT2D eigenvalue weighted by Gasteiger charge is 1.96. The first-order valence-electron chi connectivity index (χ1n) is 9.32. The molecule has 2 aromatic carbocycles. The fourth-order valence-electron chi connectivity index (χ4n) is 2.25. The molecule has 0 aliphatic carbocycles. The summed E-state index contributed by atoms with van der Waals surface area (Å²) >= 11 is 5.82. The van der Waals surface area contributed by atoms with Gasteiger partial charge in [-0.25, -0.2) is 0 Å². The van der Waals surface area contributed by atoms with Gasteiger partial charge in [0.2, 0.25) is 0 Å². The molecule has 0 aliphatic heterocycles. The first kappa shape index (κ1) is 23.1. The van der Waals surface area contributed by atoms with Crippen LogP contribution in [-0.2, 0) is 12.8 Å². The van der Waals surface area contributed by atoms with Crippen molar-refractivity contribution in [3.8, 4) is 0 Å². The van der Waals surface area contributed by atoms with E-state index in [4.69, 9.17) is 11.6 Å². The van der Waals surface area contributed by atoms with E-state index >= 15 is 0 Å². The van der Waals surface area contributed by atoms with E-state index in [1.54, 1.807) is 0 Å². The second-order valence-electron chi connectivity index (χ2n) is 4.79. The monoisotopic (exact) mass is 357 g/mol. The lowest BCUT2D eigenvalue weighted by atomic mass is 10.1. The molecule has 0 saturated heterocycles. The highest BCUT2D eigenvalue weighted by Crippen LogP contribution is 2.16. The van der Waals surface area contributed by atoms with E-state index < -0.39 is 0 Å². The van der Waals surface area contributed by atoms with Gasteiger partial charge in [-0.05, 0) is 42.2 Å². The van der Waals surface area contributed by atoms with Crippen LogP contribution in [-0.4, -0.2) is 4.98 Å². The van der Waals surface area contributed by atoms with Crippen LogP contribution in [0, 0.1) is 0 Å². The first-order chi connectivity index (χ1) is 12.3. The standard InChI is InChI=1S/C11H11N.C8H9Cl.2C2H6/c1-2-9-7-8-12-11-6-4-3-5-10(9)11;1-2-7-5-3-4-6-8(7)9;2*1-2/h3-8H,2H2,1H3;3-6H,2H2,1H3;2*1-2H3. The van der Waals surface area contributed by atoms with E-state index in [1.807, 2.05) is 64.2 Å². The van der Waals surface area contributed by atoms with E-state index in [0.29, 0.717) is 0 Å². The Morgan fingerprint density at radius 3 is 1.84 bits per heavy atom. The van der Waals surface area contributed by atoms with Crippen molar-refractivity contribution in [2.45, 2.75) is 54.4 Å². The third-order valence-electron chi connectivity index (χ3n) is 3.46. The van der Waals surface area contributed by atoms with Crippen molar-refractivity contribution >= 4 is 22.5 Å². The molecular formula is C23H32ClN. The maximum absolute atomic E-state index is 5.82. The van der Waals surface area contributed by atoms with Crippen molar-refractivity contribution in [3.05, 3.63) is 76.9 Å². The Bertz CT molecular complexity index is 702. The van der Waals surface area contributed by atoms with Crippen molar-refractivity contribution in [3.63, 3.8) is 0 Å². The van der Waals surface area contributed by atoms with Gasteiger partial charge < -0.3 is 0 Å². The van der Waals surface area contributed by atoms with Gasteiger partial charge in [-0.1, -0.05) is 89.5 Å². The van der Waals surface area contributed by atoms with Crippen LogP contribution in [0.15, 0.2) is 60.8 Å². The number of para-hydroxylation sites is 1. The summed E-state index contributed by atoms with van der Waals surface area (Å²) in [5, 5.41) is 2.16. The van der Waals surface area contributed by atoms with Gasteiger partial charge in [0.05, 0.1) is 5.52 Å². The average Bonchev–Trinajstić information content (AvgIpc) is 2.71. The largest absolute Gasteiger partial charge is 0.256 e. The lowest BCUT2D eigenvalue weighted by Crippen LogP contribution is -1.84. The Kier molecular flexibility index (Phi) is 13.4. The predicted molar refractivity (Wildman–Crippen MR) is 115 cm³/mol. The van der Waals surface area contributed by atoms with Crippen LogP contribution >= 0.6 is 11.6 Å². The van der Waals surface area contributed by atoms with E-state index in [1.165, 1.54) is 16.5 Å². The molecule has 1 aromatic heterocycles. The van der Waals surface area contributed by atoms with E-state index in [-0.39, 0.29) is 0 Å². The minimum atomic E-state index is 0.875. The number of fused-ring (bicyclic) bond motifs is 1. The number of nitrogens with zero attached hydrogens (tertiary/aromatic N) is 1. The fraction of sp³-hybridized carbons (Fsp3) is 0.348. The Morgan fingerprint density at radius 2 is 1.28 bits per heavy atom. The molecule has 25 heavy (non-hydrogen) atoms. The topological polar surface area (TPSA) is 12.9 Å². The number of hydrogen-bond acceptors (Lipinski definition) is 1. The van der Waals surface area contributed by atoms with Crippen LogP contribution in [0.4, 0.5) is 0 Å². The number of benzene rings is 2. The highest BCUT2D eigenvalue weighted by atomic mass is 35.5. The van der Waals surface area contributed by atoms with Gasteiger partial charge in [-0.2, -0.15) is 0 Å². The van der Waals surface area contributed by atoms with Gasteiger partial charge in [-0.3, -0.25) is 4.98 Å². The summed E-state index contributed by atoms with van der Waals surface area (Å²) in [6.45, 7) is 12.3. The summed E-state index contributed by atoms with van der Waals surface area (Å²) in [6, 6.07) is 18.3. The fourth-order valence-corrected chi connectivity index (χ4v) is 2.52. The normalized spacial score (nSPS) is 8.92. The second-order valence-corrected chi connectivity index (χ2v) is 5.19. The van der Waals surface area contributed by atoms with Crippen LogP contribution in [0.3, 0.4) is 0 Å². The molecule has 0 unspecified atom stereocenters. The molecule has 0 spiro atoms. The van der Waals surface area contributed by atoms with Gasteiger partial charge >= 0.3 is 0 Å². The van der Waals surface area contributed by atoms with Crippen LogP contribution < -0.4 is 0 Å². The maximum Gasteiger partial charge on any atom is 0.0704 e. The van der Waals surface area contributed by atoms with E-state index in [2.05, 4.69) is 43.1 Å². The molecule has 3 rings (SSSR count). The molecule has 0 radical (unpaired) electrons. The Morgan fingerprint density at radius 1 is 0.720 bits per heavy atom. The lowest BCUT2D eigenvalue weighted by Gasteiger charge is -2.01. The molecule has 1 nitrogen and oxygen atoms in total. The molecule has 0 fully saturated rings. The molecule has 0 saturated carbocycles. The second kappa shape index (κ2) is 14.5. The molecule has 0 atom stereocenters. The number of aryl methyl sites for hydroxylation is 2. The van der Waals surface area contributed by atoms with Crippen molar-refractivity contribution in [2.75, 3.05) is 0 Å². The zero-order chi connectivity index (χ0) is 19.1. The minimum absolute atomic E-state index is 0.875. The summed E-state index contributed by atoms with van der Waals surface area (Å²) in [5.41, 5.74) is 3.69. The van der Waals surface area contributed by atoms with Crippen molar-refractivity contribution in [1.29, 1.82) is 0 Å². The maximum atomic E-state index is 5.82. The zero-order valence-electron chi connectivity index (χ0n) is 16.5. The van der Waals surface area contributed by atoms with Gasteiger partial charge in [-0.15, -0.1) is 0 Å². The van der Waals surface area contributed by atoms with Crippen LogP contribution in [0.5, 0.6) is 0 Å². The number of halogens is 1. The number of aromatic nitrogens is 1. The minimum Gasteiger partial charge on any atom is -0.256 e. The van der Waals surface area contributed by atoms with Gasteiger partial charge in [0, 0.05) is 16.6 Å². The SMILES string of the molecule is CC.CC.CCc1ccccc1Cl.CCc1ccnc2ccccc12. The quantitative estimate of drug-likeness (QED) is 0.456. The average molecular weight is 358 g/mol. The molecule has 0 aliphatic rings. The molecule has 2 heteroatoms. The summed E-state index contributed by atoms with van der Waals surface area (Å²) in [5.74, 6) is 0. The predicted octanol–water partition coefficient (Wildman–Crippen LogP) is 7.75. The third kappa shape index (κ3) is 7.70. The summed E-state index contributed by atoms with van der Waals surface area (Å²) in [6.07, 6.45) is 3.96. The van der Waals surface area contributed by atoms with Crippen molar-refractivity contribution < 1.29 is 0 Å². The number of hydrogen-bond donors (Lipinski definition) is 0. The smallest absolute Gasteiger partial charge is 0.0704 e. The van der Waals surface area contributed by atoms with E-state index in [9.17, 15) is 0 Å². The molecule has 136 valence electrons. The summed E-state index contributed by atoms with van der Waals surface area (Å²) < 4.78 is 0.